The number of hydrogen-bond acceptors (Lipinski definition) is 4. The van der Waals surface area contributed by atoms with E-state index in [4.69, 9.17) is 11.6 Å². The Kier molecular flexibility index (Phi) is 5.47. The smallest absolute Gasteiger partial charge is 0.272 e. The molecule has 3 aromatic rings. The van der Waals surface area contributed by atoms with Crippen molar-refractivity contribution in [2.45, 2.75) is 44.7 Å². The van der Waals surface area contributed by atoms with Gasteiger partial charge >= 0.3 is 0 Å². The van der Waals surface area contributed by atoms with E-state index in [2.05, 4.69) is 27.5 Å². The van der Waals surface area contributed by atoms with Gasteiger partial charge in [0.25, 0.3) is 5.56 Å². The van der Waals surface area contributed by atoms with E-state index in [-0.39, 0.29) is 11.6 Å². The van der Waals surface area contributed by atoms with E-state index in [0.717, 1.165) is 23.4 Å². The highest BCUT2D eigenvalue weighted by molar-refractivity contribution is 6.31. The number of hydrogen-bond donors (Lipinski definition) is 2. The number of H-pyrrole nitrogens is 1. The number of fused-ring (bicyclic) bond motifs is 1. The van der Waals surface area contributed by atoms with Crippen LogP contribution in [0.15, 0.2) is 41.3 Å². The molecule has 7 heteroatoms. The van der Waals surface area contributed by atoms with Crippen LogP contribution < -0.4 is 10.9 Å². The van der Waals surface area contributed by atoms with Gasteiger partial charge in [0.15, 0.2) is 5.65 Å². The van der Waals surface area contributed by atoms with Gasteiger partial charge in [0.2, 0.25) is 0 Å². The molecule has 0 aliphatic heterocycles. The van der Waals surface area contributed by atoms with E-state index in [9.17, 15) is 10.1 Å². The van der Waals surface area contributed by atoms with E-state index >= 15 is 0 Å². The van der Waals surface area contributed by atoms with Crippen LogP contribution >= 0.6 is 11.6 Å². The lowest BCUT2D eigenvalue weighted by molar-refractivity contribution is 0.269. The molecule has 1 saturated carbocycles. The van der Waals surface area contributed by atoms with Gasteiger partial charge in [-0.25, -0.2) is 9.50 Å². The lowest BCUT2D eigenvalue weighted by atomic mass is 9.81. The summed E-state index contributed by atoms with van der Waals surface area (Å²) in [6.45, 7) is 0.439. The topological polar surface area (TPSA) is 86.0 Å². The molecule has 28 heavy (non-hydrogen) atoms. The molecule has 2 aromatic heterocycles. The first-order chi connectivity index (χ1) is 13.7. The Balaban J connectivity index is 1.62. The third-order valence-corrected chi connectivity index (χ3v) is 5.88. The minimum atomic E-state index is -0.227. The third-order valence-electron chi connectivity index (χ3n) is 5.54. The first-order valence-corrected chi connectivity index (χ1v) is 10.0. The zero-order valence-corrected chi connectivity index (χ0v) is 16.2. The number of aromatic amines is 1. The number of benzene rings is 1. The number of nitrogens with zero attached hydrogens (tertiary/aromatic N) is 3. The van der Waals surface area contributed by atoms with Gasteiger partial charge in [0, 0.05) is 29.9 Å². The Morgan fingerprint density at radius 2 is 2.11 bits per heavy atom. The van der Waals surface area contributed by atoms with E-state index in [1.807, 2.05) is 18.2 Å². The average Bonchev–Trinajstić information content (AvgIpc) is 3.14. The zero-order valence-electron chi connectivity index (χ0n) is 15.5. The Bertz CT molecular complexity index is 1070. The number of rotatable bonds is 5. The number of nitriles is 1. The van der Waals surface area contributed by atoms with Gasteiger partial charge in [-0.05, 0) is 30.4 Å². The van der Waals surface area contributed by atoms with Crippen LogP contribution in [0.4, 0.5) is 0 Å². The van der Waals surface area contributed by atoms with Crippen molar-refractivity contribution in [2.75, 3.05) is 0 Å². The fraction of sp³-hybridized carbons (Fsp3) is 0.381. The van der Waals surface area contributed by atoms with Crippen LogP contribution in [0.1, 0.15) is 55.0 Å². The summed E-state index contributed by atoms with van der Waals surface area (Å²) in [6, 6.07) is 11.6. The number of halogens is 1. The van der Waals surface area contributed by atoms with Crippen LogP contribution in [0.2, 0.25) is 5.02 Å². The molecule has 1 aromatic carbocycles. The van der Waals surface area contributed by atoms with Gasteiger partial charge in [-0.1, -0.05) is 49.1 Å². The zero-order chi connectivity index (χ0) is 19.5. The maximum absolute atomic E-state index is 12.3. The van der Waals surface area contributed by atoms with Gasteiger partial charge in [-0.3, -0.25) is 9.89 Å². The monoisotopic (exact) mass is 395 g/mol. The SMILES string of the molecule is N#Cc1c[nH]n2c(=O)cc(CNC(c3ccccc3Cl)C3CCCCC3)nc12. The van der Waals surface area contributed by atoms with Gasteiger partial charge in [0.05, 0.1) is 5.69 Å². The molecule has 1 fully saturated rings. The summed E-state index contributed by atoms with van der Waals surface area (Å²) >= 11 is 6.50. The van der Waals surface area contributed by atoms with E-state index in [0.29, 0.717) is 29.4 Å². The first-order valence-electron chi connectivity index (χ1n) is 9.65. The molecule has 1 aliphatic carbocycles. The van der Waals surface area contributed by atoms with Crippen LogP contribution in [0.25, 0.3) is 5.65 Å². The molecule has 0 spiro atoms. The summed E-state index contributed by atoms with van der Waals surface area (Å²) in [6.07, 6.45) is 7.56. The molecule has 4 rings (SSSR count). The highest BCUT2D eigenvalue weighted by atomic mass is 35.5. The maximum Gasteiger partial charge on any atom is 0.272 e. The van der Waals surface area contributed by atoms with Crippen LogP contribution in [0.3, 0.4) is 0 Å². The minimum absolute atomic E-state index is 0.107. The first kappa shape index (κ1) is 18.7. The Labute approximate surface area is 168 Å². The summed E-state index contributed by atoms with van der Waals surface area (Å²) in [5.41, 5.74) is 2.20. The molecule has 0 saturated heterocycles. The third kappa shape index (κ3) is 3.68. The van der Waals surface area contributed by atoms with Crippen molar-refractivity contribution >= 4 is 17.2 Å². The lowest BCUT2D eigenvalue weighted by Crippen LogP contribution is -2.30. The van der Waals surface area contributed by atoms with Crippen LogP contribution in [0, 0.1) is 17.2 Å². The van der Waals surface area contributed by atoms with Crippen molar-refractivity contribution in [1.29, 1.82) is 5.26 Å². The second-order valence-electron chi connectivity index (χ2n) is 7.32. The Hall–Kier alpha value is -2.62. The fourth-order valence-electron chi connectivity index (χ4n) is 4.14. The summed E-state index contributed by atoms with van der Waals surface area (Å²) in [5.74, 6) is 0.500. The Morgan fingerprint density at radius 3 is 2.86 bits per heavy atom. The van der Waals surface area contributed by atoms with E-state index in [1.165, 1.54) is 36.0 Å². The summed E-state index contributed by atoms with van der Waals surface area (Å²) in [7, 11) is 0. The van der Waals surface area contributed by atoms with Crippen molar-refractivity contribution in [3.8, 4) is 6.07 Å². The molecule has 144 valence electrons. The second-order valence-corrected chi connectivity index (χ2v) is 7.73. The van der Waals surface area contributed by atoms with Crippen molar-refractivity contribution in [3.63, 3.8) is 0 Å². The van der Waals surface area contributed by atoms with Crippen molar-refractivity contribution in [3.05, 3.63) is 68.7 Å². The van der Waals surface area contributed by atoms with Crippen molar-refractivity contribution in [1.82, 2.24) is 19.9 Å². The molecule has 1 atom stereocenters. The quantitative estimate of drug-likeness (QED) is 0.684. The molecular formula is C21H22ClN5O. The molecule has 1 aliphatic rings. The van der Waals surface area contributed by atoms with Gasteiger partial charge in [-0.15, -0.1) is 0 Å². The van der Waals surface area contributed by atoms with Gasteiger partial charge in [-0.2, -0.15) is 5.26 Å². The average molecular weight is 396 g/mol. The highest BCUT2D eigenvalue weighted by Gasteiger charge is 2.26. The maximum atomic E-state index is 12.3. The van der Waals surface area contributed by atoms with Gasteiger partial charge < -0.3 is 5.32 Å². The molecule has 0 amide bonds. The minimum Gasteiger partial charge on any atom is -0.304 e. The van der Waals surface area contributed by atoms with Crippen molar-refractivity contribution < 1.29 is 0 Å². The predicted octanol–water partition coefficient (Wildman–Crippen LogP) is 3.96. The van der Waals surface area contributed by atoms with Crippen LogP contribution in [-0.2, 0) is 6.54 Å². The van der Waals surface area contributed by atoms with E-state index in [1.54, 1.807) is 0 Å². The molecule has 1 unspecified atom stereocenters. The van der Waals surface area contributed by atoms with E-state index < -0.39 is 0 Å². The summed E-state index contributed by atoms with van der Waals surface area (Å²) in [4.78, 5) is 16.8. The molecule has 0 bridgehead atoms. The highest BCUT2D eigenvalue weighted by Crippen LogP contribution is 2.37. The Morgan fingerprint density at radius 1 is 1.32 bits per heavy atom. The molecule has 6 nitrogen and oxygen atoms in total. The van der Waals surface area contributed by atoms with Gasteiger partial charge in [0.1, 0.15) is 11.6 Å². The second kappa shape index (κ2) is 8.17. The fourth-order valence-corrected chi connectivity index (χ4v) is 4.39. The lowest BCUT2D eigenvalue weighted by Gasteiger charge is -2.32. The normalized spacial score (nSPS) is 16.1. The van der Waals surface area contributed by atoms with Crippen molar-refractivity contribution in [2.24, 2.45) is 5.92 Å². The van der Waals surface area contributed by atoms with Crippen LogP contribution in [0.5, 0.6) is 0 Å². The standard InChI is InChI=1S/C21H22ClN5O/c22-18-9-5-4-8-17(18)20(14-6-2-1-3-7-14)24-13-16-10-19(28)27-21(26-16)15(11-23)12-25-27/h4-5,8-10,12,14,20,24-25H,1-3,6-7,13H2. The summed E-state index contributed by atoms with van der Waals surface area (Å²) < 4.78 is 1.29. The molecule has 0 radical (unpaired) electrons. The summed E-state index contributed by atoms with van der Waals surface area (Å²) in [5, 5.41) is 16.3. The molecular weight excluding hydrogens is 374 g/mol. The number of aromatic nitrogens is 3. The van der Waals surface area contributed by atoms with Crippen LogP contribution in [-0.4, -0.2) is 14.6 Å². The molecule has 2 heterocycles. The molecule has 2 N–H and O–H groups in total. The predicted molar refractivity (Wildman–Crippen MR) is 108 cm³/mol. The number of nitrogens with one attached hydrogen (secondary N) is 2. The largest absolute Gasteiger partial charge is 0.304 e.